The predicted molar refractivity (Wildman–Crippen MR) is 79.3 cm³/mol. The Bertz CT molecular complexity index is 326. The molecule has 1 saturated heterocycles. The van der Waals surface area contributed by atoms with Gasteiger partial charge >= 0.3 is 5.97 Å². The highest BCUT2D eigenvalue weighted by molar-refractivity contribution is 5.85. The van der Waals surface area contributed by atoms with Crippen molar-refractivity contribution in [1.82, 2.24) is 5.32 Å². The van der Waals surface area contributed by atoms with E-state index >= 15 is 0 Å². The van der Waals surface area contributed by atoms with Gasteiger partial charge in [-0.2, -0.15) is 0 Å². The lowest BCUT2D eigenvalue weighted by Gasteiger charge is -2.07. The monoisotopic (exact) mass is 281 g/mol. The van der Waals surface area contributed by atoms with Gasteiger partial charge in [-0.1, -0.05) is 38.3 Å². The molecule has 1 aliphatic heterocycles. The van der Waals surface area contributed by atoms with E-state index in [0.29, 0.717) is 19.4 Å². The normalized spacial score (nSPS) is 18.4. The van der Waals surface area contributed by atoms with Crippen LogP contribution in [0, 0.1) is 0 Å². The molecule has 1 amide bonds. The van der Waals surface area contributed by atoms with Gasteiger partial charge in [0.1, 0.15) is 6.04 Å². The average Bonchev–Trinajstić information content (AvgIpc) is 2.82. The lowest BCUT2D eigenvalue weighted by molar-refractivity contribution is -0.141. The molecule has 1 fully saturated rings. The Morgan fingerprint density at radius 3 is 2.65 bits per heavy atom. The minimum absolute atomic E-state index is 0.0507. The maximum Gasteiger partial charge on any atom is 0.328 e. The van der Waals surface area contributed by atoms with Gasteiger partial charge in [0.25, 0.3) is 0 Å². The van der Waals surface area contributed by atoms with Crippen molar-refractivity contribution in [2.24, 2.45) is 0 Å². The summed E-state index contributed by atoms with van der Waals surface area (Å²) >= 11 is 0. The Morgan fingerprint density at radius 2 is 2.00 bits per heavy atom. The molecule has 0 saturated carbocycles. The molecule has 0 spiro atoms. The maximum absolute atomic E-state index is 11.6. The van der Waals surface area contributed by atoms with Crippen molar-refractivity contribution >= 4 is 11.9 Å². The number of rotatable bonds is 10. The van der Waals surface area contributed by atoms with Crippen LogP contribution in [0.15, 0.2) is 12.2 Å². The van der Waals surface area contributed by atoms with E-state index < -0.39 is 6.04 Å². The van der Waals surface area contributed by atoms with E-state index in [9.17, 15) is 9.59 Å². The highest BCUT2D eigenvalue weighted by atomic mass is 16.5. The third-order valence-corrected chi connectivity index (χ3v) is 3.44. The Balaban J connectivity index is 1.96. The number of carbonyl (C=O) groups is 2. The quantitative estimate of drug-likeness (QED) is 0.380. The molecule has 114 valence electrons. The molecule has 0 aromatic rings. The second kappa shape index (κ2) is 10.5. The fourth-order valence-corrected chi connectivity index (χ4v) is 2.20. The second-order valence-corrected chi connectivity index (χ2v) is 5.29. The Hall–Kier alpha value is -1.32. The third-order valence-electron chi connectivity index (χ3n) is 3.44. The fraction of sp³-hybridized carbons (Fsp3) is 0.750. The smallest absolute Gasteiger partial charge is 0.328 e. The number of unbranched alkanes of at least 4 members (excludes halogenated alkanes) is 5. The lowest BCUT2D eigenvalue weighted by Crippen LogP contribution is -2.37. The van der Waals surface area contributed by atoms with Crippen LogP contribution in [-0.2, 0) is 14.3 Å². The number of allylic oxidation sites excluding steroid dienone is 2. The fourth-order valence-electron chi connectivity index (χ4n) is 2.20. The molecule has 1 aliphatic rings. The number of nitrogens with one attached hydrogen (secondary N) is 1. The summed E-state index contributed by atoms with van der Waals surface area (Å²) in [5.74, 6) is -0.351. The largest absolute Gasteiger partial charge is 0.464 e. The highest BCUT2D eigenvalue weighted by Gasteiger charge is 2.27. The number of esters is 1. The van der Waals surface area contributed by atoms with Crippen molar-refractivity contribution in [3.8, 4) is 0 Å². The summed E-state index contributed by atoms with van der Waals surface area (Å²) in [5.41, 5.74) is 0. The molecule has 0 aromatic heterocycles. The SMILES string of the molecule is CCCCCC/C=C\CCCC(=O)N[C@H]1CCOC1=O. The molecule has 1 rings (SSSR count). The average molecular weight is 281 g/mol. The number of amides is 1. The highest BCUT2D eigenvalue weighted by Crippen LogP contribution is 2.07. The number of ether oxygens (including phenoxy) is 1. The molecule has 0 aromatic carbocycles. The molecule has 0 bridgehead atoms. The van der Waals surface area contributed by atoms with Crippen LogP contribution in [0.25, 0.3) is 0 Å². The molecule has 20 heavy (non-hydrogen) atoms. The van der Waals surface area contributed by atoms with Crippen LogP contribution < -0.4 is 5.32 Å². The van der Waals surface area contributed by atoms with Gasteiger partial charge in [0.2, 0.25) is 5.91 Å². The van der Waals surface area contributed by atoms with Crippen molar-refractivity contribution in [2.45, 2.75) is 70.8 Å². The van der Waals surface area contributed by atoms with E-state index in [0.717, 1.165) is 19.3 Å². The minimum atomic E-state index is -0.420. The maximum atomic E-state index is 11.6. The van der Waals surface area contributed by atoms with Gasteiger partial charge < -0.3 is 10.1 Å². The summed E-state index contributed by atoms with van der Waals surface area (Å²) in [5, 5.41) is 2.72. The van der Waals surface area contributed by atoms with Crippen molar-refractivity contribution < 1.29 is 14.3 Å². The van der Waals surface area contributed by atoms with Crippen molar-refractivity contribution in [2.75, 3.05) is 6.61 Å². The van der Waals surface area contributed by atoms with Crippen molar-refractivity contribution in [3.05, 3.63) is 12.2 Å². The molecule has 1 heterocycles. The zero-order valence-electron chi connectivity index (χ0n) is 12.5. The van der Waals surface area contributed by atoms with Gasteiger partial charge in [-0.15, -0.1) is 0 Å². The summed E-state index contributed by atoms with van der Waals surface area (Å²) in [4.78, 5) is 22.8. The molecular formula is C16H27NO3. The summed E-state index contributed by atoms with van der Waals surface area (Å²) in [6.07, 6.45) is 13.5. The first-order valence-corrected chi connectivity index (χ1v) is 7.85. The van der Waals surface area contributed by atoms with E-state index in [1.807, 2.05) is 0 Å². The molecule has 0 radical (unpaired) electrons. The van der Waals surface area contributed by atoms with Crippen LogP contribution in [0.2, 0.25) is 0 Å². The molecular weight excluding hydrogens is 254 g/mol. The number of cyclic esters (lactones) is 1. The van der Waals surface area contributed by atoms with E-state index in [-0.39, 0.29) is 11.9 Å². The third kappa shape index (κ3) is 7.31. The Morgan fingerprint density at radius 1 is 1.25 bits per heavy atom. The predicted octanol–water partition coefficient (Wildman–Crippen LogP) is 3.12. The minimum Gasteiger partial charge on any atom is -0.464 e. The summed E-state index contributed by atoms with van der Waals surface area (Å²) in [6, 6.07) is -0.420. The van der Waals surface area contributed by atoms with Crippen molar-refractivity contribution in [3.63, 3.8) is 0 Å². The first-order chi connectivity index (χ1) is 9.74. The summed E-state index contributed by atoms with van der Waals surface area (Å²) in [6.45, 7) is 2.64. The van der Waals surface area contributed by atoms with Gasteiger partial charge in [0.15, 0.2) is 0 Å². The van der Waals surface area contributed by atoms with Crippen LogP contribution in [0.5, 0.6) is 0 Å². The van der Waals surface area contributed by atoms with Crippen LogP contribution >= 0.6 is 0 Å². The molecule has 1 atom stereocenters. The van der Waals surface area contributed by atoms with Crippen LogP contribution in [-0.4, -0.2) is 24.5 Å². The van der Waals surface area contributed by atoms with Crippen LogP contribution in [0.1, 0.15) is 64.7 Å². The standard InChI is InChI=1S/C16H27NO3/c1-2-3-4-5-6-7-8-9-10-11-15(18)17-14-12-13-20-16(14)19/h7-8,14H,2-6,9-13H2,1H3,(H,17,18)/b8-7-/t14-/m0/s1. The number of hydrogen-bond donors (Lipinski definition) is 1. The van der Waals surface area contributed by atoms with Crippen LogP contribution in [0.3, 0.4) is 0 Å². The van der Waals surface area contributed by atoms with Crippen molar-refractivity contribution in [1.29, 1.82) is 0 Å². The summed E-state index contributed by atoms with van der Waals surface area (Å²) < 4.78 is 4.80. The van der Waals surface area contributed by atoms with Gasteiger partial charge in [-0.05, 0) is 25.7 Å². The molecule has 1 N–H and O–H groups in total. The number of hydrogen-bond acceptors (Lipinski definition) is 3. The van der Waals surface area contributed by atoms with Crippen LogP contribution in [0.4, 0.5) is 0 Å². The second-order valence-electron chi connectivity index (χ2n) is 5.29. The Kier molecular flexibility index (Phi) is 8.76. The Labute approximate surface area is 122 Å². The molecule has 4 nitrogen and oxygen atoms in total. The van der Waals surface area contributed by atoms with Gasteiger partial charge in [0.05, 0.1) is 6.61 Å². The topological polar surface area (TPSA) is 55.4 Å². The first-order valence-electron chi connectivity index (χ1n) is 7.85. The summed E-state index contributed by atoms with van der Waals surface area (Å²) in [7, 11) is 0. The van der Waals surface area contributed by atoms with E-state index in [2.05, 4.69) is 24.4 Å². The lowest BCUT2D eigenvalue weighted by atomic mass is 10.1. The zero-order chi connectivity index (χ0) is 14.6. The number of carbonyl (C=O) groups excluding carboxylic acids is 2. The van der Waals surface area contributed by atoms with E-state index in [4.69, 9.17) is 4.74 Å². The van der Waals surface area contributed by atoms with Gasteiger partial charge in [0, 0.05) is 12.8 Å². The van der Waals surface area contributed by atoms with E-state index in [1.165, 1.54) is 25.7 Å². The van der Waals surface area contributed by atoms with Gasteiger partial charge in [-0.25, -0.2) is 4.79 Å². The zero-order valence-corrected chi connectivity index (χ0v) is 12.5. The molecule has 4 heteroatoms. The first kappa shape index (κ1) is 16.7. The van der Waals surface area contributed by atoms with Gasteiger partial charge in [-0.3, -0.25) is 4.79 Å². The molecule has 0 aliphatic carbocycles. The molecule has 0 unspecified atom stereocenters. The van der Waals surface area contributed by atoms with E-state index in [1.54, 1.807) is 0 Å².